The lowest BCUT2D eigenvalue weighted by Crippen LogP contribution is -2.20. The van der Waals surface area contributed by atoms with Crippen molar-refractivity contribution in [3.05, 3.63) is 53.8 Å². The molecule has 0 saturated heterocycles. The largest absolute Gasteiger partial charge is 0.483 e. The fourth-order valence-corrected chi connectivity index (χ4v) is 1.69. The molecule has 0 heterocycles. The van der Waals surface area contributed by atoms with E-state index in [2.05, 4.69) is 5.32 Å². The van der Waals surface area contributed by atoms with Crippen molar-refractivity contribution in [2.45, 2.75) is 6.92 Å². The smallest absolute Gasteiger partial charge is 0.262 e. The van der Waals surface area contributed by atoms with E-state index in [-0.39, 0.29) is 12.5 Å². The van der Waals surface area contributed by atoms with Gasteiger partial charge in [-0.15, -0.1) is 0 Å². The number of hydrogen-bond acceptors (Lipinski definition) is 3. The Balaban J connectivity index is 1.94. The Morgan fingerprint density at radius 3 is 2.85 bits per heavy atom. The molecular weight excluding hydrogens is 259 g/mol. The van der Waals surface area contributed by atoms with E-state index >= 15 is 0 Å². The second kappa shape index (κ2) is 6.06. The van der Waals surface area contributed by atoms with Crippen LogP contribution in [0.15, 0.2) is 42.5 Å². The molecule has 0 aromatic heterocycles. The zero-order valence-corrected chi connectivity index (χ0v) is 11.0. The van der Waals surface area contributed by atoms with Crippen molar-refractivity contribution >= 4 is 17.3 Å². The normalized spacial score (nSPS) is 10.1. The van der Waals surface area contributed by atoms with Crippen LogP contribution in [-0.4, -0.2) is 12.5 Å². The Kier molecular flexibility index (Phi) is 4.20. The van der Waals surface area contributed by atoms with E-state index in [1.165, 1.54) is 12.1 Å². The van der Waals surface area contributed by atoms with Crippen LogP contribution in [0.2, 0.25) is 0 Å². The molecule has 0 atom stereocenters. The minimum absolute atomic E-state index is 0.195. The zero-order chi connectivity index (χ0) is 14.5. The first kappa shape index (κ1) is 13.9. The predicted octanol–water partition coefficient (Wildman–Crippen LogP) is 2.73. The molecule has 0 aliphatic rings. The minimum atomic E-state index is -0.401. The van der Waals surface area contributed by atoms with Gasteiger partial charge in [0.15, 0.2) is 6.61 Å². The Bertz CT molecular complexity index is 629. The van der Waals surface area contributed by atoms with E-state index in [1.54, 1.807) is 37.3 Å². The van der Waals surface area contributed by atoms with Crippen molar-refractivity contribution in [1.82, 2.24) is 0 Å². The van der Waals surface area contributed by atoms with Gasteiger partial charge < -0.3 is 15.8 Å². The van der Waals surface area contributed by atoms with Crippen molar-refractivity contribution in [1.29, 1.82) is 0 Å². The van der Waals surface area contributed by atoms with Crippen LogP contribution < -0.4 is 15.8 Å². The number of nitrogens with one attached hydrogen (secondary N) is 1. The van der Waals surface area contributed by atoms with Crippen LogP contribution >= 0.6 is 0 Å². The van der Waals surface area contributed by atoms with Gasteiger partial charge in [-0.05, 0) is 36.8 Å². The van der Waals surface area contributed by atoms with Gasteiger partial charge in [-0.2, -0.15) is 0 Å². The van der Waals surface area contributed by atoms with E-state index in [9.17, 15) is 9.18 Å². The Hall–Kier alpha value is -2.56. The molecule has 0 bridgehead atoms. The number of rotatable bonds is 4. The predicted molar refractivity (Wildman–Crippen MR) is 76.1 cm³/mol. The number of halogens is 1. The number of nitrogen functional groups attached to an aromatic ring is 1. The maximum Gasteiger partial charge on any atom is 0.262 e. The Morgan fingerprint density at radius 2 is 2.10 bits per heavy atom. The lowest BCUT2D eigenvalue weighted by Gasteiger charge is -2.10. The molecule has 0 saturated carbocycles. The van der Waals surface area contributed by atoms with Crippen molar-refractivity contribution in [2.24, 2.45) is 0 Å². The highest BCUT2D eigenvalue weighted by Crippen LogP contribution is 2.18. The van der Waals surface area contributed by atoms with Crippen molar-refractivity contribution in [2.75, 3.05) is 17.7 Å². The van der Waals surface area contributed by atoms with Gasteiger partial charge >= 0.3 is 0 Å². The molecule has 0 fully saturated rings. The highest BCUT2D eigenvalue weighted by atomic mass is 19.1. The van der Waals surface area contributed by atoms with Crippen LogP contribution in [0.3, 0.4) is 0 Å². The maximum atomic E-state index is 13.1. The molecule has 2 aromatic rings. The quantitative estimate of drug-likeness (QED) is 0.842. The first-order valence-corrected chi connectivity index (χ1v) is 6.09. The average molecular weight is 274 g/mol. The third-order valence-corrected chi connectivity index (χ3v) is 2.68. The molecule has 0 aliphatic carbocycles. The molecule has 20 heavy (non-hydrogen) atoms. The molecule has 0 aliphatic heterocycles. The maximum absolute atomic E-state index is 13.1. The number of carbonyl (C=O) groups is 1. The van der Waals surface area contributed by atoms with Crippen molar-refractivity contribution in [3.8, 4) is 5.75 Å². The molecule has 0 unspecified atom stereocenters. The molecule has 0 spiro atoms. The monoisotopic (exact) mass is 274 g/mol. The Morgan fingerprint density at radius 1 is 1.30 bits per heavy atom. The molecule has 4 nitrogen and oxygen atoms in total. The second-order valence-corrected chi connectivity index (χ2v) is 4.37. The van der Waals surface area contributed by atoms with Gasteiger partial charge in [0.25, 0.3) is 5.91 Å². The third-order valence-electron chi connectivity index (χ3n) is 2.68. The van der Waals surface area contributed by atoms with E-state index in [0.717, 1.165) is 5.56 Å². The summed E-state index contributed by atoms with van der Waals surface area (Å²) in [6.07, 6.45) is 0. The van der Waals surface area contributed by atoms with Crippen LogP contribution in [0.25, 0.3) is 0 Å². The highest BCUT2D eigenvalue weighted by Gasteiger charge is 2.06. The molecule has 2 rings (SSSR count). The van der Waals surface area contributed by atoms with Crippen molar-refractivity contribution < 1.29 is 13.9 Å². The first-order chi connectivity index (χ1) is 9.54. The van der Waals surface area contributed by atoms with Gasteiger partial charge in [0.1, 0.15) is 11.6 Å². The summed E-state index contributed by atoms with van der Waals surface area (Å²) in [5.41, 5.74) is 7.53. The highest BCUT2D eigenvalue weighted by molar-refractivity contribution is 5.92. The van der Waals surface area contributed by atoms with E-state index in [0.29, 0.717) is 17.1 Å². The number of carbonyl (C=O) groups excluding carboxylic acids is 1. The van der Waals surface area contributed by atoms with Crippen LogP contribution in [0.5, 0.6) is 5.75 Å². The van der Waals surface area contributed by atoms with Gasteiger partial charge in [-0.25, -0.2) is 4.39 Å². The molecule has 0 radical (unpaired) electrons. The summed E-state index contributed by atoms with van der Waals surface area (Å²) in [5.74, 6) is -0.381. The molecule has 1 amide bonds. The van der Waals surface area contributed by atoms with Gasteiger partial charge in [0, 0.05) is 17.4 Å². The van der Waals surface area contributed by atoms with Crippen LogP contribution in [0, 0.1) is 12.7 Å². The summed E-state index contributed by atoms with van der Waals surface area (Å²) in [5, 5.41) is 2.65. The van der Waals surface area contributed by atoms with Gasteiger partial charge in [0.2, 0.25) is 0 Å². The zero-order valence-electron chi connectivity index (χ0n) is 11.0. The molecule has 3 N–H and O–H groups in total. The number of aryl methyl sites for hydroxylation is 1. The van der Waals surface area contributed by atoms with Crippen molar-refractivity contribution in [3.63, 3.8) is 0 Å². The molecule has 104 valence electrons. The Labute approximate surface area is 116 Å². The lowest BCUT2D eigenvalue weighted by molar-refractivity contribution is -0.118. The fourth-order valence-electron chi connectivity index (χ4n) is 1.69. The number of anilines is 2. The van der Waals surface area contributed by atoms with E-state index in [1.807, 2.05) is 0 Å². The molecular formula is C15H15FN2O2. The van der Waals surface area contributed by atoms with Crippen LogP contribution in [0.1, 0.15) is 5.56 Å². The van der Waals surface area contributed by atoms with Crippen LogP contribution in [-0.2, 0) is 4.79 Å². The number of benzene rings is 2. The standard InChI is InChI=1S/C15H15FN2O2/c1-10-5-6-11(16)7-14(10)20-9-15(19)18-13-4-2-3-12(17)8-13/h2-8H,9,17H2,1H3,(H,18,19). The second-order valence-electron chi connectivity index (χ2n) is 4.37. The minimum Gasteiger partial charge on any atom is -0.483 e. The van der Waals surface area contributed by atoms with E-state index in [4.69, 9.17) is 10.5 Å². The summed E-state index contributed by atoms with van der Waals surface area (Å²) in [7, 11) is 0. The topological polar surface area (TPSA) is 64.3 Å². The molecule has 5 heteroatoms. The lowest BCUT2D eigenvalue weighted by atomic mass is 10.2. The SMILES string of the molecule is Cc1ccc(F)cc1OCC(=O)Nc1cccc(N)c1. The summed E-state index contributed by atoms with van der Waals surface area (Å²) < 4.78 is 18.4. The van der Waals surface area contributed by atoms with Crippen LogP contribution in [0.4, 0.5) is 15.8 Å². The summed E-state index contributed by atoms with van der Waals surface area (Å²) in [4.78, 5) is 11.7. The first-order valence-electron chi connectivity index (χ1n) is 6.09. The van der Waals surface area contributed by atoms with Gasteiger partial charge in [-0.3, -0.25) is 4.79 Å². The third kappa shape index (κ3) is 3.71. The molecule has 2 aromatic carbocycles. The number of hydrogen-bond donors (Lipinski definition) is 2. The summed E-state index contributed by atoms with van der Waals surface area (Å²) in [6, 6.07) is 11.0. The number of ether oxygens (including phenoxy) is 1. The summed E-state index contributed by atoms with van der Waals surface area (Å²) >= 11 is 0. The fraction of sp³-hybridized carbons (Fsp3) is 0.133. The van der Waals surface area contributed by atoms with Gasteiger partial charge in [-0.1, -0.05) is 12.1 Å². The number of nitrogens with two attached hydrogens (primary N) is 1. The average Bonchev–Trinajstić information content (AvgIpc) is 2.40. The number of amides is 1. The summed E-state index contributed by atoms with van der Waals surface area (Å²) in [6.45, 7) is 1.59. The van der Waals surface area contributed by atoms with Gasteiger partial charge in [0.05, 0.1) is 0 Å². The van der Waals surface area contributed by atoms with E-state index < -0.39 is 5.82 Å².